The summed E-state index contributed by atoms with van der Waals surface area (Å²) in [7, 11) is 3.58. The Bertz CT molecular complexity index is 530. The molecule has 0 heterocycles. The van der Waals surface area contributed by atoms with Crippen molar-refractivity contribution in [1.29, 1.82) is 0 Å². The molecule has 1 aliphatic carbocycles. The van der Waals surface area contributed by atoms with Gasteiger partial charge in [-0.15, -0.1) is 12.4 Å². The van der Waals surface area contributed by atoms with Crippen LogP contribution < -0.4 is 10.6 Å². The van der Waals surface area contributed by atoms with Gasteiger partial charge in [0.25, 0.3) is 5.91 Å². The van der Waals surface area contributed by atoms with E-state index in [0.29, 0.717) is 17.3 Å². The smallest absolute Gasteiger partial charge is 0.255 e. The topological polar surface area (TPSA) is 61.4 Å². The van der Waals surface area contributed by atoms with Gasteiger partial charge >= 0.3 is 0 Å². The highest BCUT2D eigenvalue weighted by atomic mass is 35.5. The summed E-state index contributed by atoms with van der Waals surface area (Å²) in [5.41, 5.74) is 1.13. The lowest BCUT2D eigenvalue weighted by Gasteiger charge is -2.31. The first-order valence-electron chi connectivity index (χ1n) is 7.94. The number of nitrogens with one attached hydrogen (secondary N) is 2. The number of rotatable bonds is 5. The third-order valence-corrected chi connectivity index (χ3v) is 4.21. The molecule has 2 N–H and O–H groups in total. The van der Waals surface area contributed by atoms with Gasteiger partial charge in [-0.2, -0.15) is 0 Å². The van der Waals surface area contributed by atoms with Crippen LogP contribution in [0.2, 0.25) is 0 Å². The number of hydrogen-bond acceptors (Lipinski definition) is 3. The zero-order chi connectivity index (χ0) is 15.9. The average molecular weight is 340 g/mol. The van der Waals surface area contributed by atoms with Crippen LogP contribution in [-0.4, -0.2) is 43.4 Å². The van der Waals surface area contributed by atoms with Crippen LogP contribution in [0.4, 0.5) is 5.69 Å². The summed E-state index contributed by atoms with van der Waals surface area (Å²) >= 11 is 0. The number of hydrogen-bond donors (Lipinski definition) is 2. The van der Waals surface area contributed by atoms with Gasteiger partial charge in [0.1, 0.15) is 0 Å². The van der Waals surface area contributed by atoms with E-state index in [2.05, 4.69) is 10.6 Å². The number of carbonyl (C=O) groups is 2. The summed E-state index contributed by atoms with van der Waals surface area (Å²) in [5, 5.41) is 5.60. The molecular weight excluding hydrogens is 314 g/mol. The van der Waals surface area contributed by atoms with Crippen molar-refractivity contribution >= 4 is 29.9 Å². The highest BCUT2D eigenvalue weighted by Crippen LogP contribution is 2.24. The van der Waals surface area contributed by atoms with Gasteiger partial charge in [-0.25, -0.2) is 0 Å². The van der Waals surface area contributed by atoms with Crippen LogP contribution in [0.5, 0.6) is 0 Å². The number of anilines is 1. The summed E-state index contributed by atoms with van der Waals surface area (Å²) in [6, 6.07) is 7.51. The predicted molar refractivity (Wildman–Crippen MR) is 95.2 cm³/mol. The largest absolute Gasteiger partial charge is 0.339 e. The lowest BCUT2D eigenvalue weighted by Crippen LogP contribution is -2.38. The van der Waals surface area contributed by atoms with Crippen molar-refractivity contribution in [3.8, 4) is 0 Å². The number of carbonyl (C=O) groups excluding carboxylic acids is 2. The zero-order valence-electron chi connectivity index (χ0n) is 13.8. The Kier molecular flexibility index (Phi) is 8.06. The fourth-order valence-corrected chi connectivity index (χ4v) is 2.96. The van der Waals surface area contributed by atoms with E-state index in [9.17, 15) is 9.59 Å². The molecule has 0 spiro atoms. The van der Waals surface area contributed by atoms with Gasteiger partial charge in [0.05, 0.1) is 17.8 Å². The number of likely N-dealkylation sites (N-methyl/N-ethyl adjacent to an activating group) is 1. The Hall–Kier alpha value is -1.59. The van der Waals surface area contributed by atoms with E-state index in [0.717, 1.165) is 12.8 Å². The maximum absolute atomic E-state index is 12.8. The summed E-state index contributed by atoms with van der Waals surface area (Å²) in [6.45, 7) is 0.223. The molecule has 1 aliphatic rings. The first-order chi connectivity index (χ1) is 10.6. The molecule has 0 saturated heterocycles. The molecule has 0 aromatic heterocycles. The van der Waals surface area contributed by atoms with E-state index in [1.54, 1.807) is 19.2 Å². The minimum Gasteiger partial charge on any atom is -0.339 e. The predicted octanol–water partition coefficient (Wildman–Crippen LogP) is 2.67. The Morgan fingerprint density at radius 1 is 1.17 bits per heavy atom. The first kappa shape index (κ1) is 19.5. The van der Waals surface area contributed by atoms with Crippen molar-refractivity contribution in [1.82, 2.24) is 10.2 Å². The van der Waals surface area contributed by atoms with Gasteiger partial charge in [-0.1, -0.05) is 31.4 Å². The Morgan fingerprint density at radius 2 is 1.83 bits per heavy atom. The van der Waals surface area contributed by atoms with Crippen LogP contribution in [0.3, 0.4) is 0 Å². The van der Waals surface area contributed by atoms with E-state index in [4.69, 9.17) is 0 Å². The van der Waals surface area contributed by atoms with Gasteiger partial charge in [0, 0.05) is 13.1 Å². The number of nitrogens with zero attached hydrogens (tertiary/aromatic N) is 1. The van der Waals surface area contributed by atoms with Crippen molar-refractivity contribution in [3.63, 3.8) is 0 Å². The van der Waals surface area contributed by atoms with Gasteiger partial charge < -0.3 is 15.5 Å². The van der Waals surface area contributed by atoms with E-state index in [1.807, 2.05) is 24.1 Å². The van der Waals surface area contributed by atoms with Crippen LogP contribution in [0.1, 0.15) is 42.5 Å². The number of halogens is 1. The van der Waals surface area contributed by atoms with E-state index in [1.165, 1.54) is 19.3 Å². The Morgan fingerprint density at radius 3 is 2.48 bits per heavy atom. The molecule has 1 fully saturated rings. The summed E-state index contributed by atoms with van der Waals surface area (Å²) in [6.07, 6.45) is 5.76. The molecule has 2 rings (SSSR count). The minimum absolute atomic E-state index is 0. The molecule has 128 valence electrons. The number of amides is 2. The van der Waals surface area contributed by atoms with Crippen LogP contribution in [0.25, 0.3) is 0 Å². The second-order valence-electron chi connectivity index (χ2n) is 5.83. The van der Waals surface area contributed by atoms with Crippen molar-refractivity contribution in [3.05, 3.63) is 29.8 Å². The fourth-order valence-electron chi connectivity index (χ4n) is 2.96. The van der Waals surface area contributed by atoms with E-state index in [-0.39, 0.29) is 30.8 Å². The second kappa shape index (κ2) is 9.53. The quantitative estimate of drug-likeness (QED) is 0.867. The van der Waals surface area contributed by atoms with Crippen molar-refractivity contribution < 1.29 is 9.59 Å². The monoisotopic (exact) mass is 339 g/mol. The third kappa shape index (κ3) is 5.22. The van der Waals surface area contributed by atoms with Gasteiger partial charge in [-0.3, -0.25) is 9.59 Å². The molecule has 0 atom stereocenters. The zero-order valence-corrected chi connectivity index (χ0v) is 14.6. The molecular formula is C17H26ClN3O2. The third-order valence-electron chi connectivity index (χ3n) is 4.21. The van der Waals surface area contributed by atoms with Gasteiger partial charge in [-0.05, 0) is 32.0 Å². The maximum Gasteiger partial charge on any atom is 0.255 e. The second-order valence-corrected chi connectivity index (χ2v) is 5.83. The minimum atomic E-state index is -0.150. The van der Waals surface area contributed by atoms with Crippen molar-refractivity contribution in [2.45, 2.75) is 38.1 Å². The first-order valence-corrected chi connectivity index (χ1v) is 7.94. The Balaban J connectivity index is 0.00000264. The van der Waals surface area contributed by atoms with Crippen molar-refractivity contribution in [2.24, 2.45) is 0 Å². The normalized spacial score (nSPS) is 14.7. The molecule has 0 bridgehead atoms. The highest BCUT2D eigenvalue weighted by Gasteiger charge is 2.24. The van der Waals surface area contributed by atoms with Gasteiger partial charge in [0.15, 0.2) is 0 Å². The fraction of sp³-hybridized carbons (Fsp3) is 0.529. The molecule has 2 amide bonds. The molecule has 0 unspecified atom stereocenters. The highest BCUT2D eigenvalue weighted by molar-refractivity contribution is 6.04. The molecule has 1 saturated carbocycles. The molecule has 1 aromatic carbocycles. The standard InChI is InChI=1S/C17H25N3O2.ClH/c1-18-12-16(21)19-15-11-7-6-10-14(15)17(22)20(2)13-8-4-3-5-9-13;/h6-7,10-11,13,18H,3-5,8-9,12H2,1-2H3,(H,19,21);1H. The van der Waals surface area contributed by atoms with E-state index < -0.39 is 0 Å². The van der Waals surface area contributed by atoms with Crippen LogP contribution in [-0.2, 0) is 4.79 Å². The lowest BCUT2D eigenvalue weighted by molar-refractivity contribution is -0.115. The molecule has 6 heteroatoms. The van der Waals surface area contributed by atoms with Crippen LogP contribution in [0.15, 0.2) is 24.3 Å². The molecule has 23 heavy (non-hydrogen) atoms. The molecule has 0 radical (unpaired) electrons. The molecule has 1 aromatic rings. The van der Waals surface area contributed by atoms with Crippen LogP contribution in [0, 0.1) is 0 Å². The summed E-state index contributed by atoms with van der Waals surface area (Å²) in [4.78, 5) is 26.4. The maximum atomic E-state index is 12.8. The molecule has 0 aliphatic heterocycles. The number of para-hydroxylation sites is 1. The van der Waals surface area contributed by atoms with Crippen molar-refractivity contribution in [2.75, 3.05) is 26.0 Å². The lowest BCUT2D eigenvalue weighted by atomic mass is 9.94. The molecule has 5 nitrogen and oxygen atoms in total. The number of benzene rings is 1. The SMILES string of the molecule is CNCC(=O)Nc1ccccc1C(=O)N(C)C1CCCCC1.Cl. The summed E-state index contributed by atoms with van der Waals surface area (Å²) < 4.78 is 0. The van der Waals surface area contributed by atoms with E-state index >= 15 is 0 Å². The average Bonchev–Trinajstić information content (AvgIpc) is 2.55. The Labute approximate surface area is 144 Å². The summed E-state index contributed by atoms with van der Waals surface area (Å²) in [5.74, 6) is -0.171. The van der Waals surface area contributed by atoms with Crippen LogP contribution >= 0.6 is 12.4 Å². The van der Waals surface area contributed by atoms with Gasteiger partial charge in [0.2, 0.25) is 5.91 Å².